The van der Waals surface area contributed by atoms with Crippen molar-refractivity contribution in [3.63, 3.8) is 0 Å². The topological polar surface area (TPSA) is 56.7 Å². The zero-order chi connectivity index (χ0) is 16.8. The summed E-state index contributed by atoms with van der Waals surface area (Å²) in [5.74, 6) is 1.16. The fourth-order valence-corrected chi connectivity index (χ4v) is 4.82. The molecule has 1 amide bonds. The van der Waals surface area contributed by atoms with Gasteiger partial charge in [-0.05, 0) is 37.5 Å². The highest BCUT2D eigenvalue weighted by Gasteiger charge is 2.41. The third-order valence-electron chi connectivity index (χ3n) is 6.22. The van der Waals surface area contributed by atoms with Gasteiger partial charge in [0, 0.05) is 39.1 Å². The van der Waals surface area contributed by atoms with Crippen LogP contribution in [0.15, 0.2) is 4.99 Å². The predicted molar refractivity (Wildman–Crippen MR) is 98.1 cm³/mol. The van der Waals surface area contributed by atoms with Crippen molar-refractivity contribution in [1.82, 2.24) is 15.5 Å². The van der Waals surface area contributed by atoms with E-state index in [-0.39, 0.29) is 5.91 Å². The van der Waals surface area contributed by atoms with Crippen LogP contribution in [0.2, 0.25) is 0 Å². The molecule has 136 valence electrons. The van der Waals surface area contributed by atoms with Gasteiger partial charge in [-0.15, -0.1) is 0 Å². The summed E-state index contributed by atoms with van der Waals surface area (Å²) in [7, 11) is 1.85. The summed E-state index contributed by atoms with van der Waals surface area (Å²) in [4.78, 5) is 18.9. The van der Waals surface area contributed by atoms with Crippen LogP contribution in [0.25, 0.3) is 0 Å². The van der Waals surface area contributed by atoms with Crippen molar-refractivity contribution in [3.8, 4) is 0 Å². The molecule has 0 bridgehead atoms. The summed E-state index contributed by atoms with van der Waals surface area (Å²) in [6, 6.07) is 0.409. The minimum atomic E-state index is 0.179. The molecule has 0 atom stereocenters. The first kappa shape index (κ1) is 17.6. The molecule has 3 fully saturated rings. The van der Waals surface area contributed by atoms with Crippen LogP contribution in [0, 0.1) is 5.41 Å². The van der Waals surface area contributed by atoms with Crippen molar-refractivity contribution in [2.75, 3.05) is 26.7 Å². The Balaban J connectivity index is 1.37. The summed E-state index contributed by atoms with van der Waals surface area (Å²) >= 11 is 0. The number of aliphatic imine (C=N–C) groups is 1. The minimum Gasteiger partial charge on any atom is -0.356 e. The number of nitrogens with zero attached hydrogens (tertiary/aromatic N) is 2. The van der Waals surface area contributed by atoms with Gasteiger partial charge in [-0.1, -0.05) is 32.1 Å². The van der Waals surface area contributed by atoms with Crippen LogP contribution in [0.4, 0.5) is 0 Å². The Hall–Kier alpha value is -1.26. The number of hydrogen-bond donors (Lipinski definition) is 2. The lowest BCUT2D eigenvalue weighted by molar-refractivity contribution is -0.121. The number of hydrogen-bond acceptors (Lipinski definition) is 2. The molecule has 0 aromatic carbocycles. The molecule has 3 rings (SSSR count). The standard InChI is InChI=1S/C19H34N4O/c1-20-18(23-14-12-19(15-23)10-5-6-11-19)21-13-9-17(24)22-16-7-3-2-4-8-16/h16H,2-15H2,1H3,(H,20,21)(H,22,24). The van der Waals surface area contributed by atoms with Gasteiger partial charge in [-0.25, -0.2) is 0 Å². The molecule has 0 unspecified atom stereocenters. The van der Waals surface area contributed by atoms with Crippen molar-refractivity contribution >= 4 is 11.9 Å². The number of likely N-dealkylation sites (tertiary alicyclic amines) is 1. The van der Waals surface area contributed by atoms with Gasteiger partial charge in [0.1, 0.15) is 0 Å². The summed E-state index contributed by atoms with van der Waals surface area (Å²) in [6.07, 6.45) is 13.5. The Kier molecular flexibility index (Phi) is 6.01. The second kappa shape index (κ2) is 8.21. The van der Waals surface area contributed by atoms with Crippen molar-refractivity contribution in [2.24, 2.45) is 10.4 Å². The monoisotopic (exact) mass is 334 g/mol. The molecule has 1 saturated heterocycles. The second-order valence-electron chi connectivity index (χ2n) is 8.01. The molecule has 1 heterocycles. The van der Waals surface area contributed by atoms with Crippen LogP contribution in [0.5, 0.6) is 0 Å². The number of amides is 1. The molecule has 0 radical (unpaired) electrons. The fraction of sp³-hybridized carbons (Fsp3) is 0.895. The molecule has 5 nitrogen and oxygen atoms in total. The maximum Gasteiger partial charge on any atom is 0.221 e. The largest absolute Gasteiger partial charge is 0.356 e. The first-order chi connectivity index (χ1) is 11.7. The van der Waals surface area contributed by atoms with Crippen LogP contribution in [0.3, 0.4) is 0 Å². The SMILES string of the molecule is CN=C(NCCC(=O)NC1CCCCC1)N1CCC2(CCCC2)C1. The third-order valence-corrected chi connectivity index (χ3v) is 6.22. The Labute approximate surface area is 146 Å². The second-order valence-corrected chi connectivity index (χ2v) is 8.01. The molecule has 3 aliphatic rings. The lowest BCUT2D eigenvalue weighted by Crippen LogP contribution is -2.43. The normalized spacial score (nSPS) is 24.5. The average molecular weight is 335 g/mol. The molecular weight excluding hydrogens is 300 g/mol. The summed E-state index contributed by atoms with van der Waals surface area (Å²) in [5.41, 5.74) is 0.552. The van der Waals surface area contributed by atoms with E-state index in [9.17, 15) is 4.79 Å². The number of nitrogens with one attached hydrogen (secondary N) is 2. The summed E-state index contributed by atoms with van der Waals surface area (Å²) in [5, 5.41) is 6.59. The van der Waals surface area contributed by atoms with Crippen molar-refractivity contribution in [2.45, 2.75) is 76.7 Å². The molecule has 5 heteroatoms. The Bertz CT molecular complexity index is 450. The molecule has 2 saturated carbocycles. The van der Waals surface area contributed by atoms with Crippen molar-refractivity contribution in [3.05, 3.63) is 0 Å². The van der Waals surface area contributed by atoms with E-state index in [4.69, 9.17) is 0 Å². The van der Waals surface area contributed by atoms with Gasteiger partial charge in [0.25, 0.3) is 0 Å². The Morgan fingerprint density at radius 3 is 2.58 bits per heavy atom. The predicted octanol–water partition coefficient (Wildman–Crippen LogP) is 2.67. The summed E-state index contributed by atoms with van der Waals surface area (Å²) in [6.45, 7) is 2.92. The van der Waals surface area contributed by atoms with Crippen LogP contribution in [-0.4, -0.2) is 49.5 Å². The summed E-state index contributed by atoms with van der Waals surface area (Å²) < 4.78 is 0. The maximum atomic E-state index is 12.1. The van der Waals surface area contributed by atoms with Gasteiger partial charge in [-0.3, -0.25) is 9.79 Å². The van der Waals surface area contributed by atoms with Crippen LogP contribution in [0.1, 0.15) is 70.6 Å². The van der Waals surface area contributed by atoms with E-state index < -0.39 is 0 Å². The zero-order valence-electron chi connectivity index (χ0n) is 15.3. The molecule has 24 heavy (non-hydrogen) atoms. The van der Waals surface area contributed by atoms with Crippen LogP contribution >= 0.6 is 0 Å². The lowest BCUT2D eigenvalue weighted by atomic mass is 9.86. The smallest absolute Gasteiger partial charge is 0.221 e. The first-order valence-electron chi connectivity index (χ1n) is 9.96. The van der Waals surface area contributed by atoms with Crippen molar-refractivity contribution in [1.29, 1.82) is 0 Å². The van der Waals surface area contributed by atoms with E-state index in [0.717, 1.165) is 31.9 Å². The van der Waals surface area contributed by atoms with E-state index in [1.807, 2.05) is 7.05 Å². The van der Waals surface area contributed by atoms with Gasteiger partial charge < -0.3 is 15.5 Å². The quantitative estimate of drug-likeness (QED) is 0.614. The Morgan fingerprint density at radius 1 is 1.12 bits per heavy atom. The van der Waals surface area contributed by atoms with E-state index in [0.29, 0.717) is 24.4 Å². The average Bonchev–Trinajstić information content (AvgIpc) is 3.23. The van der Waals surface area contributed by atoms with E-state index in [1.165, 1.54) is 51.4 Å². The van der Waals surface area contributed by atoms with Gasteiger partial charge in [-0.2, -0.15) is 0 Å². The van der Waals surface area contributed by atoms with Crippen LogP contribution in [-0.2, 0) is 4.79 Å². The van der Waals surface area contributed by atoms with Gasteiger partial charge in [0.2, 0.25) is 5.91 Å². The molecule has 1 spiro atoms. The molecule has 0 aromatic rings. The van der Waals surface area contributed by atoms with E-state index in [1.54, 1.807) is 0 Å². The van der Waals surface area contributed by atoms with Crippen LogP contribution < -0.4 is 10.6 Å². The number of carbonyl (C=O) groups excluding carboxylic acids is 1. The van der Waals surface area contributed by atoms with E-state index >= 15 is 0 Å². The molecule has 0 aromatic heterocycles. The first-order valence-corrected chi connectivity index (χ1v) is 9.96. The van der Waals surface area contributed by atoms with Gasteiger partial charge >= 0.3 is 0 Å². The lowest BCUT2D eigenvalue weighted by Gasteiger charge is -2.26. The molecular formula is C19H34N4O. The molecule has 1 aliphatic heterocycles. The number of carbonyl (C=O) groups is 1. The Morgan fingerprint density at radius 2 is 1.88 bits per heavy atom. The van der Waals surface area contributed by atoms with E-state index in [2.05, 4.69) is 20.5 Å². The highest BCUT2D eigenvalue weighted by molar-refractivity contribution is 5.81. The van der Waals surface area contributed by atoms with Crippen molar-refractivity contribution < 1.29 is 4.79 Å². The van der Waals surface area contributed by atoms with Gasteiger partial charge in [0.15, 0.2) is 5.96 Å². The highest BCUT2D eigenvalue weighted by Crippen LogP contribution is 2.45. The third kappa shape index (κ3) is 4.42. The fourth-order valence-electron chi connectivity index (χ4n) is 4.82. The number of rotatable bonds is 4. The molecule has 2 aliphatic carbocycles. The minimum absolute atomic E-state index is 0.179. The maximum absolute atomic E-state index is 12.1. The number of guanidine groups is 1. The zero-order valence-corrected chi connectivity index (χ0v) is 15.3. The van der Waals surface area contributed by atoms with Gasteiger partial charge in [0.05, 0.1) is 0 Å². The molecule has 2 N–H and O–H groups in total. The highest BCUT2D eigenvalue weighted by atomic mass is 16.1.